The lowest BCUT2D eigenvalue weighted by Gasteiger charge is -2.14. The molecule has 0 radical (unpaired) electrons. The Morgan fingerprint density at radius 3 is 3.06 bits per heavy atom. The topological polar surface area (TPSA) is 60.2 Å². The third-order valence-corrected chi connectivity index (χ3v) is 2.79. The number of nitrogens with one attached hydrogen (secondary N) is 1. The van der Waals surface area contributed by atoms with Crippen molar-refractivity contribution in [3.05, 3.63) is 42.0 Å². The fraction of sp³-hybridized carbons (Fsp3) is 0.385. The van der Waals surface area contributed by atoms with Crippen molar-refractivity contribution in [3.8, 4) is 5.75 Å². The molecule has 0 saturated carbocycles. The average Bonchev–Trinajstić information content (AvgIpc) is 2.92. The molecule has 0 bridgehead atoms. The Hall–Kier alpha value is -1.88. The maximum atomic E-state index is 5.21. The highest BCUT2D eigenvalue weighted by atomic mass is 16.5. The number of aromatic nitrogens is 2. The van der Waals surface area contributed by atoms with Gasteiger partial charge in [0, 0.05) is 19.0 Å². The summed E-state index contributed by atoms with van der Waals surface area (Å²) in [6, 6.07) is 8.29. The standard InChI is InChI=1S/C13H17N3O2/c1-10(11-4-3-5-12(8-11)17-2)14-7-6-13-15-9-16-18-13/h3-5,8-10,14H,6-7H2,1-2H3. The van der Waals surface area contributed by atoms with Gasteiger partial charge in [-0.15, -0.1) is 0 Å². The molecular formula is C13H17N3O2. The molecule has 2 aromatic rings. The zero-order valence-corrected chi connectivity index (χ0v) is 10.6. The molecule has 18 heavy (non-hydrogen) atoms. The molecule has 0 aliphatic carbocycles. The van der Waals surface area contributed by atoms with Crippen LogP contribution < -0.4 is 10.1 Å². The molecule has 0 saturated heterocycles. The molecule has 0 spiro atoms. The van der Waals surface area contributed by atoms with E-state index in [2.05, 4.69) is 28.4 Å². The molecule has 1 N–H and O–H groups in total. The Morgan fingerprint density at radius 2 is 2.33 bits per heavy atom. The van der Waals surface area contributed by atoms with Crippen molar-refractivity contribution in [2.75, 3.05) is 13.7 Å². The summed E-state index contributed by atoms with van der Waals surface area (Å²) in [5.74, 6) is 1.53. The van der Waals surface area contributed by atoms with E-state index in [0.29, 0.717) is 5.89 Å². The molecular weight excluding hydrogens is 230 g/mol. The molecule has 2 rings (SSSR count). The Balaban J connectivity index is 1.85. The van der Waals surface area contributed by atoms with Gasteiger partial charge in [-0.05, 0) is 24.6 Å². The number of rotatable bonds is 6. The second-order valence-corrected chi connectivity index (χ2v) is 4.04. The Kier molecular flexibility index (Phi) is 4.30. The molecule has 0 fully saturated rings. The van der Waals surface area contributed by atoms with Crippen LogP contribution in [0.3, 0.4) is 0 Å². The fourth-order valence-electron chi connectivity index (χ4n) is 1.73. The molecule has 0 aliphatic rings. The van der Waals surface area contributed by atoms with Gasteiger partial charge in [0.15, 0.2) is 6.33 Å². The van der Waals surface area contributed by atoms with E-state index in [0.717, 1.165) is 18.7 Å². The van der Waals surface area contributed by atoms with Gasteiger partial charge in [0.1, 0.15) is 5.75 Å². The normalized spacial score (nSPS) is 12.3. The Labute approximate surface area is 106 Å². The highest BCUT2D eigenvalue weighted by Crippen LogP contribution is 2.18. The second-order valence-electron chi connectivity index (χ2n) is 4.04. The monoisotopic (exact) mass is 247 g/mol. The molecule has 1 unspecified atom stereocenters. The summed E-state index contributed by atoms with van der Waals surface area (Å²) < 4.78 is 10.1. The molecule has 96 valence electrons. The SMILES string of the molecule is COc1cccc(C(C)NCCc2ncno2)c1. The van der Waals surface area contributed by atoms with Crippen molar-refractivity contribution in [3.63, 3.8) is 0 Å². The van der Waals surface area contributed by atoms with Crippen molar-refractivity contribution in [1.29, 1.82) is 0 Å². The summed E-state index contributed by atoms with van der Waals surface area (Å²) in [6.45, 7) is 2.91. The summed E-state index contributed by atoms with van der Waals surface area (Å²) in [5, 5.41) is 6.98. The second kappa shape index (κ2) is 6.16. The molecule has 5 heteroatoms. The van der Waals surface area contributed by atoms with Crippen LogP contribution in [0.15, 0.2) is 35.1 Å². The first kappa shape index (κ1) is 12.6. The van der Waals surface area contributed by atoms with Gasteiger partial charge in [-0.2, -0.15) is 4.98 Å². The number of hydrogen-bond acceptors (Lipinski definition) is 5. The summed E-state index contributed by atoms with van der Waals surface area (Å²) >= 11 is 0. The summed E-state index contributed by atoms with van der Waals surface area (Å²) in [7, 11) is 1.67. The zero-order chi connectivity index (χ0) is 12.8. The lowest BCUT2D eigenvalue weighted by molar-refractivity contribution is 0.372. The Bertz CT molecular complexity index is 471. The number of hydrogen-bond donors (Lipinski definition) is 1. The van der Waals surface area contributed by atoms with Crippen molar-refractivity contribution >= 4 is 0 Å². The average molecular weight is 247 g/mol. The molecule has 0 amide bonds. The Morgan fingerprint density at radius 1 is 1.44 bits per heavy atom. The molecule has 1 aromatic carbocycles. The van der Waals surface area contributed by atoms with Crippen LogP contribution in [-0.4, -0.2) is 23.8 Å². The van der Waals surface area contributed by atoms with Crippen molar-refractivity contribution < 1.29 is 9.26 Å². The van der Waals surface area contributed by atoms with Crippen LogP contribution in [0.5, 0.6) is 5.75 Å². The smallest absolute Gasteiger partial charge is 0.227 e. The van der Waals surface area contributed by atoms with Crippen molar-refractivity contribution in [2.24, 2.45) is 0 Å². The van der Waals surface area contributed by atoms with Crippen LogP contribution in [0, 0.1) is 0 Å². The minimum absolute atomic E-state index is 0.253. The molecule has 5 nitrogen and oxygen atoms in total. The van der Waals surface area contributed by atoms with Gasteiger partial charge in [0.2, 0.25) is 5.89 Å². The van der Waals surface area contributed by atoms with E-state index >= 15 is 0 Å². The predicted molar refractivity (Wildman–Crippen MR) is 67.4 cm³/mol. The summed E-state index contributed by atoms with van der Waals surface area (Å²) in [6.07, 6.45) is 2.15. The first-order valence-corrected chi connectivity index (χ1v) is 5.92. The minimum Gasteiger partial charge on any atom is -0.497 e. The highest BCUT2D eigenvalue weighted by Gasteiger charge is 2.06. The van der Waals surface area contributed by atoms with Crippen LogP contribution in [0.25, 0.3) is 0 Å². The quantitative estimate of drug-likeness (QED) is 0.845. The van der Waals surface area contributed by atoms with Gasteiger partial charge < -0.3 is 14.6 Å². The fourth-order valence-corrected chi connectivity index (χ4v) is 1.73. The van der Waals surface area contributed by atoms with Crippen LogP contribution >= 0.6 is 0 Å². The van der Waals surface area contributed by atoms with Crippen LogP contribution in [0.2, 0.25) is 0 Å². The molecule has 1 heterocycles. The minimum atomic E-state index is 0.253. The maximum absolute atomic E-state index is 5.21. The van der Waals surface area contributed by atoms with E-state index < -0.39 is 0 Å². The van der Waals surface area contributed by atoms with Crippen LogP contribution in [-0.2, 0) is 6.42 Å². The summed E-state index contributed by atoms with van der Waals surface area (Å²) in [5.41, 5.74) is 1.19. The number of ether oxygens (including phenoxy) is 1. The van der Waals surface area contributed by atoms with E-state index in [1.807, 2.05) is 18.2 Å². The lowest BCUT2D eigenvalue weighted by Crippen LogP contribution is -2.21. The first-order valence-electron chi connectivity index (χ1n) is 5.92. The van der Waals surface area contributed by atoms with E-state index in [-0.39, 0.29) is 6.04 Å². The van der Waals surface area contributed by atoms with Gasteiger partial charge in [0.25, 0.3) is 0 Å². The number of benzene rings is 1. The highest BCUT2D eigenvalue weighted by molar-refractivity contribution is 5.30. The largest absolute Gasteiger partial charge is 0.497 e. The lowest BCUT2D eigenvalue weighted by atomic mass is 10.1. The van der Waals surface area contributed by atoms with Gasteiger partial charge in [-0.25, -0.2) is 0 Å². The van der Waals surface area contributed by atoms with Gasteiger partial charge in [-0.3, -0.25) is 0 Å². The van der Waals surface area contributed by atoms with Crippen LogP contribution in [0.1, 0.15) is 24.4 Å². The first-order chi connectivity index (χ1) is 8.79. The predicted octanol–water partition coefficient (Wildman–Crippen LogP) is 1.97. The molecule has 0 aliphatic heterocycles. The third-order valence-electron chi connectivity index (χ3n) is 2.79. The molecule has 1 atom stereocenters. The number of nitrogens with zero attached hydrogens (tertiary/aromatic N) is 2. The van der Waals surface area contributed by atoms with Gasteiger partial charge in [0.05, 0.1) is 7.11 Å². The van der Waals surface area contributed by atoms with E-state index in [1.165, 1.54) is 11.9 Å². The number of methoxy groups -OCH3 is 1. The third kappa shape index (κ3) is 3.30. The van der Waals surface area contributed by atoms with Crippen molar-refractivity contribution in [2.45, 2.75) is 19.4 Å². The van der Waals surface area contributed by atoms with E-state index in [4.69, 9.17) is 9.26 Å². The maximum Gasteiger partial charge on any atom is 0.227 e. The van der Waals surface area contributed by atoms with E-state index in [1.54, 1.807) is 7.11 Å². The zero-order valence-electron chi connectivity index (χ0n) is 10.6. The summed E-state index contributed by atoms with van der Waals surface area (Å²) in [4.78, 5) is 3.98. The van der Waals surface area contributed by atoms with Crippen LogP contribution in [0.4, 0.5) is 0 Å². The van der Waals surface area contributed by atoms with Gasteiger partial charge in [-0.1, -0.05) is 17.3 Å². The van der Waals surface area contributed by atoms with E-state index in [9.17, 15) is 0 Å². The molecule has 1 aromatic heterocycles. The van der Waals surface area contributed by atoms with Gasteiger partial charge >= 0.3 is 0 Å². The van der Waals surface area contributed by atoms with Crippen molar-refractivity contribution in [1.82, 2.24) is 15.5 Å².